The van der Waals surface area contributed by atoms with Crippen LogP contribution in [0.25, 0.3) is 0 Å². The number of nitrogens with one attached hydrogen (secondary N) is 2. The van der Waals surface area contributed by atoms with Crippen LogP contribution >= 0.6 is 0 Å². The third kappa shape index (κ3) is 6.53. The molecule has 2 N–H and O–H groups in total. The number of rotatable bonds is 9. The highest BCUT2D eigenvalue weighted by Gasteiger charge is 2.29. The van der Waals surface area contributed by atoms with Crippen molar-refractivity contribution in [2.24, 2.45) is 4.99 Å². The lowest BCUT2D eigenvalue weighted by atomic mass is 10.0. The molecule has 1 saturated heterocycles. The van der Waals surface area contributed by atoms with Gasteiger partial charge in [0.1, 0.15) is 0 Å². The molecule has 1 fully saturated rings. The van der Waals surface area contributed by atoms with Gasteiger partial charge in [-0.2, -0.15) is 0 Å². The third-order valence-corrected chi connectivity index (χ3v) is 4.27. The summed E-state index contributed by atoms with van der Waals surface area (Å²) in [5.74, 6) is 1.48. The van der Waals surface area contributed by atoms with E-state index in [1.165, 1.54) is 0 Å². The fraction of sp³-hybridized carbons (Fsp3) is 0.684. The number of nitrogens with zero attached hydrogens (tertiary/aromatic N) is 2. The van der Waals surface area contributed by atoms with E-state index in [0.29, 0.717) is 19.0 Å². The van der Waals surface area contributed by atoms with Crippen LogP contribution in [0.4, 0.5) is 0 Å². The van der Waals surface area contributed by atoms with Crippen LogP contribution in [-0.2, 0) is 11.3 Å². The first-order valence-electron chi connectivity index (χ1n) is 9.39. The Hall–Kier alpha value is -1.82. The molecule has 0 saturated carbocycles. The maximum atomic E-state index is 5.83. The number of unbranched alkanes of at least 4 members (excludes halogenated alkanes) is 1. The number of pyridine rings is 1. The van der Waals surface area contributed by atoms with Crippen molar-refractivity contribution < 1.29 is 9.47 Å². The molecule has 0 bridgehead atoms. The lowest BCUT2D eigenvalue weighted by Gasteiger charge is -2.24. The summed E-state index contributed by atoms with van der Waals surface area (Å²) < 4.78 is 11.6. The lowest BCUT2D eigenvalue weighted by molar-refractivity contribution is 0.0243. The molecule has 1 atom stereocenters. The van der Waals surface area contributed by atoms with Crippen LogP contribution in [0.2, 0.25) is 0 Å². The van der Waals surface area contributed by atoms with Crippen LogP contribution in [0, 0.1) is 0 Å². The Kier molecular flexibility index (Phi) is 7.98. The van der Waals surface area contributed by atoms with Gasteiger partial charge in [0.05, 0.1) is 18.8 Å². The summed E-state index contributed by atoms with van der Waals surface area (Å²) >= 11 is 0. The minimum atomic E-state index is -0.0983. The standard InChI is InChI=1S/C19H32N4O2/c1-4-6-12-24-17-16(9-7-11-21-17)14-22-18(20-5-2)23-15-19(3)10-8-13-25-19/h7,9,11H,4-6,8,10,12-15H2,1-3H3,(H2,20,22,23). The quantitative estimate of drug-likeness (QED) is 0.408. The Morgan fingerprint density at radius 2 is 2.28 bits per heavy atom. The monoisotopic (exact) mass is 348 g/mol. The van der Waals surface area contributed by atoms with Crippen LogP contribution in [0.5, 0.6) is 5.88 Å². The highest BCUT2D eigenvalue weighted by Crippen LogP contribution is 2.23. The molecule has 6 heteroatoms. The van der Waals surface area contributed by atoms with Crippen molar-refractivity contribution in [1.29, 1.82) is 0 Å². The van der Waals surface area contributed by atoms with E-state index in [2.05, 4.69) is 41.4 Å². The van der Waals surface area contributed by atoms with E-state index in [9.17, 15) is 0 Å². The van der Waals surface area contributed by atoms with Crippen molar-refractivity contribution in [2.75, 3.05) is 26.3 Å². The molecule has 25 heavy (non-hydrogen) atoms. The van der Waals surface area contributed by atoms with Gasteiger partial charge in [0, 0.05) is 31.5 Å². The maximum Gasteiger partial charge on any atom is 0.218 e. The summed E-state index contributed by atoms with van der Waals surface area (Å²) in [6.45, 7) is 10.0. The number of hydrogen-bond donors (Lipinski definition) is 2. The summed E-state index contributed by atoms with van der Waals surface area (Å²) in [5, 5.41) is 6.69. The Balaban J connectivity index is 1.95. The first-order chi connectivity index (χ1) is 12.2. The number of aliphatic imine (C=N–C) groups is 1. The second-order valence-corrected chi connectivity index (χ2v) is 6.62. The largest absolute Gasteiger partial charge is 0.477 e. The molecule has 1 aromatic heterocycles. The zero-order chi connectivity index (χ0) is 18.0. The first kappa shape index (κ1) is 19.5. The van der Waals surface area contributed by atoms with Gasteiger partial charge < -0.3 is 20.1 Å². The predicted octanol–water partition coefficient (Wildman–Crippen LogP) is 2.88. The average Bonchev–Trinajstić information content (AvgIpc) is 3.05. The number of aromatic nitrogens is 1. The van der Waals surface area contributed by atoms with Crippen LogP contribution < -0.4 is 15.4 Å². The molecule has 0 amide bonds. The molecule has 2 rings (SSSR count). The zero-order valence-corrected chi connectivity index (χ0v) is 15.8. The van der Waals surface area contributed by atoms with E-state index < -0.39 is 0 Å². The van der Waals surface area contributed by atoms with Gasteiger partial charge >= 0.3 is 0 Å². The van der Waals surface area contributed by atoms with Gasteiger partial charge in [0.25, 0.3) is 0 Å². The van der Waals surface area contributed by atoms with Gasteiger partial charge in [-0.1, -0.05) is 19.4 Å². The molecule has 0 radical (unpaired) electrons. The average molecular weight is 348 g/mol. The van der Waals surface area contributed by atoms with Gasteiger partial charge in [0.2, 0.25) is 5.88 Å². The summed E-state index contributed by atoms with van der Waals surface area (Å²) in [4.78, 5) is 9.03. The number of hydrogen-bond acceptors (Lipinski definition) is 4. The van der Waals surface area contributed by atoms with E-state index in [-0.39, 0.29) is 5.60 Å². The molecule has 1 aliphatic heterocycles. The van der Waals surface area contributed by atoms with Crippen molar-refractivity contribution in [1.82, 2.24) is 15.6 Å². The molecule has 2 heterocycles. The van der Waals surface area contributed by atoms with Crippen molar-refractivity contribution >= 4 is 5.96 Å². The second kappa shape index (κ2) is 10.2. The SMILES string of the molecule is CCCCOc1ncccc1CN=C(NCC)NCC1(C)CCCO1. The van der Waals surface area contributed by atoms with Gasteiger partial charge in [-0.05, 0) is 39.2 Å². The van der Waals surface area contributed by atoms with Crippen molar-refractivity contribution in [3.63, 3.8) is 0 Å². The highest BCUT2D eigenvalue weighted by atomic mass is 16.5. The molecule has 0 aliphatic carbocycles. The minimum Gasteiger partial charge on any atom is -0.477 e. The number of guanidine groups is 1. The van der Waals surface area contributed by atoms with Crippen LogP contribution in [-0.4, -0.2) is 42.8 Å². The molecule has 140 valence electrons. The van der Waals surface area contributed by atoms with Crippen molar-refractivity contribution in [3.8, 4) is 5.88 Å². The Labute approximate surface area is 151 Å². The van der Waals surface area contributed by atoms with Gasteiger partial charge in [-0.3, -0.25) is 0 Å². The second-order valence-electron chi connectivity index (χ2n) is 6.62. The van der Waals surface area contributed by atoms with E-state index in [0.717, 1.165) is 56.9 Å². The van der Waals surface area contributed by atoms with E-state index in [1.807, 2.05) is 12.1 Å². The minimum absolute atomic E-state index is 0.0983. The first-order valence-corrected chi connectivity index (χ1v) is 9.39. The third-order valence-electron chi connectivity index (χ3n) is 4.27. The van der Waals surface area contributed by atoms with Crippen molar-refractivity contribution in [3.05, 3.63) is 23.9 Å². The summed E-state index contributed by atoms with van der Waals surface area (Å²) in [6, 6.07) is 3.94. The molecule has 0 spiro atoms. The molecular formula is C19H32N4O2. The Morgan fingerprint density at radius 3 is 3.00 bits per heavy atom. The molecule has 0 aromatic carbocycles. The highest BCUT2D eigenvalue weighted by molar-refractivity contribution is 5.79. The van der Waals surface area contributed by atoms with E-state index in [4.69, 9.17) is 9.47 Å². The molecule has 1 aliphatic rings. The smallest absolute Gasteiger partial charge is 0.218 e. The molecular weight excluding hydrogens is 316 g/mol. The topological polar surface area (TPSA) is 67.8 Å². The molecule has 1 unspecified atom stereocenters. The summed E-state index contributed by atoms with van der Waals surface area (Å²) in [5.41, 5.74) is 0.901. The lowest BCUT2D eigenvalue weighted by Crippen LogP contribution is -2.45. The normalized spacial score (nSPS) is 20.5. The van der Waals surface area contributed by atoms with Gasteiger partial charge in [-0.15, -0.1) is 0 Å². The molecule has 6 nitrogen and oxygen atoms in total. The van der Waals surface area contributed by atoms with E-state index in [1.54, 1.807) is 6.20 Å². The fourth-order valence-corrected chi connectivity index (χ4v) is 2.74. The summed E-state index contributed by atoms with van der Waals surface area (Å²) in [6.07, 6.45) is 6.10. The Morgan fingerprint density at radius 1 is 1.40 bits per heavy atom. The van der Waals surface area contributed by atoms with Crippen LogP contribution in [0.15, 0.2) is 23.3 Å². The zero-order valence-electron chi connectivity index (χ0n) is 15.8. The van der Waals surface area contributed by atoms with Crippen molar-refractivity contribution in [2.45, 2.75) is 58.6 Å². The Bertz CT molecular complexity index is 542. The van der Waals surface area contributed by atoms with E-state index >= 15 is 0 Å². The fourth-order valence-electron chi connectivity index (χ4n) is 2.74. The molecule has 1 aromatic rings. The van der Waals surface area contributed by atoms with Crippen LogP contribution in [0.3, 0.4) is 0 Å². The summed E-state index contributed by atoms with van der Waals surface area (Å²) in [7, 11) is 0. The number of ether oxygens (including phenoxy) is 2. The van der Waals surface area contributed by atoms with Gasteiger partial charge in [0.15, 0.2) is 5.96 Å². The maximum absolute atomic E-state index is 5.83. The predicted molar refractivity (Wildman–Crippen MR) is 101 cm³/mol. The van der Waals surface area contributed by atoms with Gasteiger partial charge in [-0.25, -0.2) is 9.98 Å². The van der Waals surface area contributed by atoms with Crippen LogP contribution in [0.1, 0.15) is 52.0 Å².